The SMILES string of the molecule is CCC/C=C\C/C=C\CCCCCCCC(=O)NC(CO)C(O)CCCCCCCCCCCCCCCCCCCCCCCCCCCCCC. The van der Waals surface area contributed by atoms with Gasteiger partial charge in [-0.2, -0.15) is 0 Å². The van der Waals surface area contributed by atoms with Gasteiger partial charge in [-0.15, -0.1) is 0 Å². The smallest absolute Gasteiger partial charge is 0.220 e. The van der Waals surface area contributed by atoms with Crippen molar-refractivity contribution in [3.63, 3.8) is 0 Å². The third kappa shape index (κ3) is 41.9. The van der Waals surface area contributed by atoms with Gasteiger partial charge < -0.3 is 15.5 Å². The lowest BCUT2D eigenvalue weighted by Gasteiger charge is -2.22. The van der Waals surface area contributed by atoms with Crippen molar-refractivity contribution >= 4 is 5.91 Å². The number of aliphatic hydroxyl groups excluding tert-OH is 2. The molecule has 0 spiro atoms. The molecule has 0 aliphatic rings. The highest BCUT2D eigenvalue weighted by Crippen LogP contribution is 2.17. The minimum atomic E-state index is -0.664. The Kier molecular flexibility index (Phi) is 44.3. The maximum atomic E-state index is 12.4. The van der Waals surface area contributed by atoms with Crippen molar-refractivity contribution in [3.8, 4) is 0 Å². The van der Waals surface area contributed by atoms with E-state index in [1.165, 1.54) is 193 Å². The van der Waals surface area contributed by atoms with Crippen molar-refractivity contribution in [3.05, 3.63) is 24.3 Å². The first-order valence-corrected chi connectivity index (χ1v) is 24.0. The molecule has 2 unspecified atom stereocenters. The predicted molar refractivity (Wildman–Crippen MR) is 235 cm³/mol. The molecule has 0 rings (SSSR count). The lowest BCUT2D eigenvalue weighted by Crippen LogP contribution is -2.45. The Morgan fingerprint density at radius 3 is 1.21 bits per heavy atom. The van der Waals surface area contributed by atoms with Crippen LogP contribution in [0.1, 0.15) is 264 Å². The summed E-state index contributed by atoms with van der Waals surface area (Å²) in [7, 11) is 0. The number of hydrogen-bond acceptors (Lipinski definition) is 3. The number of aliphatic hydroxyl groups is 2. The van der Waals surface area contributed by atoms with E-state index in [9.17, 15) is 15.0 Å². The number of unbranched alkanes of at least 4 members (excludes halogenated alkanes) is 33. The first-order valence-electron chi connectivity index (χ1n) is 24.0. The molecule has 4 heteroatoms. The maximum absolute atomic E-state index is 12.4. The molecule has 1 amide bonds. The number of carbonyl (C=O) groups is 1. The molecule has 0 radical (unpaired) electrons. The van der Waals surface area contributed by atoms with Crippen LogP contribution in [0.5, 0.6) is 0 Å². The number of amides is 1. The molecule has 0 aliphatic carbocycles. The molecule has 0 saturated heterocycles. The van der Waals surface area contributed by atoms with Gasteiger partial charge in [-0.25, -0.2) is 0 Å². The van der Waals surface area contributed by atoms with Crippen LogP contribution in [0.3, 0.4) is 0 Å². The van der Waals surface area contributed by atoms with E-state index in [4.69, 9.17) is 0 Å². The number of nitrogens with one attached hydrogen (secondary N) is 1. The number of hydrogen-bond donors (Lipinski definition) is 3. The van der Waals surface area contributed by atoms with Crippen LogP contribution < -0.4 is 5.32 Å². The van der Waals surface area contributed by atoms with Crippen LogP contribution in [0.2, 0.25) is 0 Å². The first-order chi connectivity index (χ1) is 26.2. The normalized spacial score (nSPS) is 13.1. The summed E-state index contributed by atoms with van der Waals surface area (Å²) in [5.74, 6) is -0.0439. The molecule has 0 fully saturated rings. The van der Waals surface area contributed by atoms with Gasteiger partial charge in [-0.3, -0.25) is 4.79 Å². The van der Waals surface area contributed by atoms with Gasteiger partial charge in [0.15, 0.2) is 0 Å². The molecule has 314 valence electrons. The minimum Gasteiger partial charge on any atom is -0.394 e. The number of allylic oxidation sites excluding steroid dienone is 4. The molecule has 0 aromatic heterocycles. The third-order valence-corrected chi connectivity index (χ3v) is 11.2. The standard InChI is InChI=1S/C49H95NO3/c1-3-5-7-9-11-13-15-17-18-19-20-21-22-23-24-25-26-27-28-29-30-31-33-34-36-38-40-42-44-48(52)47(46-51)50-49(53)45-43-41-39-37-35-32-16-14-12-10-8-6-4-2/h8,10,14,16,47-48,51-52H,3-7,9,11-13,15,17-46H2,1-2H3,(H,50,53)/b10-8-,16-14-. The summed E-state index contributed by atoms with van der Waals surface area (Å²) in [4.78, 5) is 12.4. The zero-order valence-electron chi connectivity index (χ0n) is 36.1. The van der Waals surface area contributed by atoms with Gasteiger partial charge in [0.2, 0.25) is 5.91 Å². The second-order valence-corrected chi connectivity index (χ2v) is 16.5. The van der Waals surface area contributed by atoms with Crippen LogP contribution in [0.25, 0.3) is 0 Å². The van der Waals surface area contributed by atoms with Gasteiger partial charge in [0.1, 0.15) is 0 Å². The number of carbonyl (C=O) groups excluding carboxylic acids is 1. The van der Waals surface area contributed by atoms with E-state index in [2.05, 4.69) is 43.5 Å². The van der Waals surface area contributed by atoms with Crippen LogP contribution >= 0.6 is 0 Å². The molecule has 3 N–H and O–H groups in total. The average Bonchev–Trinajstić information content (AvgIpc) is 3.16. The van der Waals surface area contributed by atoms with Crippen molar-refractivity contribution in [2.45, 2.75) is 276 Å². The Bertz CT molecular complexity index is 765. The third-order valence-electron chi connectivity index (χ3n) is 11.2. The largest absolute Gasteiger partial charge is 0.394 e. The molecule has 53 heavy (non-hydrogen) atoms. The molecule has 0 bridgehead atoms. The summed E-state index contributed by atoms with van der Waals surface area (Å²) in [6.07, 6.45) is 58.6. The fourth-order valence-corrected chi connectivity index (χ4v) is 7.52. The summed E-state index contributed by atoms with van der Waals surface area (Å²) >= 11 is 0. The Balaban J connectivity index is 3.42. The molecular formula is C49H95NO3. The minimum absolute atomic E-state index is 0.0439. The van der Waals surface area contributed by atoms with Crippen LogP contribution in [0, 0.1) is 0 Å². The number of rotatable bonds is 44. The van der Waals surface area contributed by atoms with Crippen molar-refractivity contribution in [2.75, 3.05) is 6.61 Å². The quantitative estimate of drug-likeness (QED) is 0.0430. The first kappa shape index (κ1) is 51.9. The van der Waals surface area contributed by atoms with Gasteiger partial charge in [0.05, 0.1) is 18.8 Å². The Labute approximate surface area is 332 Å². The second-order valence-electron chi connectivity index (χ2n) is 16.5. The van der Waals surface area contributed by atoms with E-state index in [0.29, 0.717) is 12.8 Å². The molecule has 0 saturated carbocycles. The highest BCUT2D eigenvalue weighted by atomic mass is 16.3. The molecule has 0 aromatic carbocycles. The van der Waals surface area contributed by atoms with E-state index in [1.807, 2.05) is 0 Å². The van der Waals surface area contributed by atoms with E-state index in [-0.39, 0.29) is 12.5 Å². The molecule has 2 atom stereocenters. The monoisotopic (exact) mass is 746 g/mol. The Morgan fingerprint density at radius 2 is 0.811 bits per heavy atom. The van der Waals surface area contributed by atoms with Gasteiger partial charge in [-0.1, -0.05) is 244 Å². The van der Waals surface area contributed by atoms with Crippen molar-refractivity contribution in [1.82, 2.24) is 5.32 Å². The molecule has 0 aliphatic heterocycles. The lowest BCUT2D eigenvalue weighted by molar-refractivity contribution is -0.123. The summed E-state index contributed by atoms with van der Waals surface area (Å²) in [5, 5.41) is 23.2. The van der Waals surface area contributed by atoms with Crippen molar-refractivity contribution in [1.29, 1.82) is 0 Å². The molecule has 4 nitrogen and oxygen atoms in total. The Morgan fingerprint density at radius 1 is 0.453 bits per heavy atom. The van der Waals surface area contributed by atoms with Crippen molar-refractivity contribution < 1.29 is 15.0 Å². The van der Waals surface area contributed by atoms with Crippen LogP contribution in [-0.2, 0) is 4.79 Å². The highest BCUT2D eigenvalue weighted by molar-refractivity contribution is 5.76. The van der Waals surface area contributed by atoms with Gasteiger partial charge in [0.25, 0.3) is 0 Å². The molecule has 0 aromatic rings. The highest BCUT2D eigenvalue weighted by Gasteiger charge is 2.20. The van der Waals surface area contributed by atoms with E-state index < -0.39 is 12.1 Å². The molecular weight excluding hydrogens is 651 g/mol. The van der Waals surface area contributed by atoms with Crippen LogP contribution in [-0.4, -0.2) is 34.9 Å². The van der Waals surface area contributed by atoms with E-state index in [0.717, 1.165) is 44.9 Å². The van der Waals surface area contributed by atoms with Crippen molar-refractivity contribution in [2.24, 2.45) is 0 Å². The van der Waals surface area contributed by atoms with Gasteiger partial charge >= 0.3 is 0 Å². The fourth-order valence-electron chi connectivity index (χ4n) is 7.52. The Hall–Kier alpha value is -1.13. The fraction of sp³-hybridized carbons (Fsp3) is 0.898. The topological polar surface area (TPSA) is 69.6 Å². The molecule has 0 heterocycles. The zero-order chi connectivity index (χ0) is 38.6. The predicted octanol–water partition coefficient (Wildman–Crippen LogP) is 15.2. The summed E-state index contributed by atoms with van der Waals surface area (Å²) in [6, 6.07) is -0.542. The average molecular weight is 746 g/mol. The van der Waals surface area contributed by atoms with Gasteiger partial charge in [-0.05, 0) is 38.5 Å². The van der Waals surface area contributed by atoms with Gasteiger partial charge in [0, 0.05) is 6.42 Å². The summed E-state index contributed by atoms with van der Waals surface area (Å²) in [5.41, 5.74) is 0. The zero-order valence-corrected chi connectivity index (χ0v) is 36.1. The second kappa shape index (κ2) is 45.3. The maximum Gasteiger partial charge on any atom is 0.220 e. The summed E-state index contributed by atoms with van der Waals surface area (Å²) in [6.45, 7) is 4.30. The van der Waals surface area contributed by atoms with Crippen LogP contribution in [0.4, 0.5) is 0 Å². The van der Waals surface area contributed by atoms with E-state index in [1.54, 1.807) is 0 Å². The lowest BCUT2D eigenvalue weighted by atomic mass is 10.0. The summed E-state index contributed by atoms with van der Waals surface area (Å²) < 4.78 is 0. The van der Waals surface area contributed by atoms with E-state index >= 15 is 0 Å². The van der Waals surface area contributed by atoms with Crippen LogP contribution in [0.15, 0.2) is 24.3 Å².